The second-order valence-electron chi connectivity index (χ2n) is 2.64. The van der Waals surface area contributed by atoms with Crippen LogP contribution in [0.5, 0.6) is 0 Å². The molecule has 0 saturated carbocycles. The number of oxime groups is 1. The molecular formula is C6H15N3O2. The van der Waals surface area contributed by atoms with Gasteiger partial charge in [0.15, 0.2) is 5.84 Å². The first-order valence-electron chi connectivity index (χ1n) is 3.39. The first-order valence-corrected chi connectivity index (χ1v) is 3.39. The molecule has 5 heteroatoms. The van der Waals surface area contributed by atoms with E-state index < -0.39 is 6.10 Å². The molecule has 0 aromatic rings. The Morgan fingerprint density at radius 1 is 1.73 bits per heavy atom. The summed E-state index contributed by atoms with van der Waals surface area (Å²) in [5.74, 6) is 0.146. The predicted molar refractivity (Wildman–Crippen MR) is 42.6 cm³/mol. The third kappa shape index (κ3) is 5.63. The Balaban J connectivity index is 3.60. The summed E-state index contributed by atoms with van der Waals surface area (Å²) in [6.45, 7) is 2.56. The zero-order valence-electron chi connectivity index (χ0n) is 6.86. The lowest BCUT2D eigenvalue weighted by Gasteiger charge is -2.16. The maximum Gasteiger partial charge on any atom is 0.153 e. The highest BCUT2D eigenvalue weighted by atomic mass is 16.4. The van der Waals surface area contributed by atoms with Gasteiger partial charge in [-0.15, -0.1) is 0 Å². The van der Waals surface area contributed by atoms with Crippen LogP contribution in [0.3, 0.4) is 0 Å². The Labute approximate surface area is 66.1 Å². The number of hydrogen-bond donors (Lipinski definition) is 3. The van der Waals surface area contributed by atoms with Crippen molar-refractivity contribution in [2.45, 2.75) is 13.0 Å². The van der Waals surface area contributed by atoms with Crippen LogP contribution in [0.25, 0.3) is 0 Å². The molecule has 0 aromatic heterocycles. The van der Waals surface area contributed by atoms with Gasteiger partial charge in [0, 0.05) is 6.54 Å². The zero-order chi connectivity index (χ0) is 8.85. The number of nitrogens with zero attached hydrogens (tertiary/aromatic N) is 2. The molecule has 0 heterocycles. The van der Waals surface area contributed by atoms with Crippen molar-refractivity contribution >= 4 is 5.84 Å². The van der Waals surface area contributed by atoms with Crippen molar-refractivity contribution in [1.82, 2.24) is 4.90 Å². The average Bonchev–Trinajstić information content (AvgIpc) is 1.85. The number of likely N-dealkylation sites (N-methyl/N-ethyl adjacent to an activating group) is 1. The fourth-order valence-electron chi connectivity index (χ4n) is 0.824. The zero-order valence-corrected chi connectivity index (χ0v) is 6.86. The van der Waals surface area contributed by atoms with Gasteiger partial charge >= 0.3 is 0 Å². The minimum Gasteiger partial charge on any atom is -0.409 e. The molecule has 5 nitrogen and oxygen atoms in total. The van der Waals surface area contributed by atoms with Crippen LogP contribution in [0.15, 0.2) is 5.16 Å². The molecule has 1 atom stereocenters. The van der Waals surface area contributed by atoms with Crippen molar-refractivity contribution in [3.63, 3.8) is 0 Å². The lowest BCUT2D eigenvalue weighted by molar-refractivity contribution is 0.148. The number of aliphatic hydroxyl groups excluding tert-OH is 1. The van der Waals surface area contributed by atoms with E-state index in [0.717, 1.165) is 0 Å². The lowest BCUT2D eigenvalue weighted by atomic mass is 10.4. The molecule has 0 aliphatic heterocycles. The van der Waals surface area contributed by atoms with E-state index in [2.05, 4.69) is 5.16 Å². The van der Waals surface area contributed by atoms with Gasteiger partial charge in [-0.2, -0.15) is 0 Å². The van der Waals surface area contributed by atoms with Gasteiger partial charge in [-0.3, -0.25) is 4.90 Å². The van der Waals surface area contributed by atoms with Gasteiger partial charge in [-0.25, -0.2) is 0 Å². The van der Waals surface area contributed by atoms with Crippen LogP contribution >= 0.6 is 0 Å². The molecule has 66 valence electrons. The van der Waals surface area contributed by atoms with Gasteiger partial charge in [0.1, 0.15) is 0 Å². The summed E-state index contributed by atoms with van der Waals surface area (Å²) in [6.07, 6.45) is -0.397. The highest BCUT2D eigenvalue weighted by Gasteiger charge is 2.03. The molecule has 0 saturated heterocycles. The fourth-order valence-corrected chi connectivity index (χ4v) is 0.824. The van der Waals surface area contributed by atoms with Crippen LogP contribution in [-0.2, 0) is 0 Å². The van der Waals surface area contributed by atoms with Crippen LogP contribution in [0, 0.1) is 0 Å². The van der Waals surface area contributed by atoms with Gasteiger partial charge < -0.3 is 16.0 Å². The number of hydrogen-bond acceptors (Lipinski definition) is 4. The average molecular weight is 161 g/mol. The molecule has 0 aromatic carbocycles. The third-order valence-electron chi connectivity index (χ3n) is 1.14. The number of nitrogens with two attached hydrogens (primary N) is 1. The topological polar surface area (TPSA) is 82.1 Å². The van der Waals surface area contributed by atoms with E-state index in [1.54, 1.807) is 18.9 Å². The quantitative estimate of drug-likeness (QED) is 0.215. The van der Waals surface area contributed by atoms with Gasteiger partial charge in [0.25, 0.3) is 0 Å². The molecule has 0 amide bonds. The van der Waals surface area contributed by atoms with Crippen molar-refractivity contribution in [3.05, 3.63) is 0 Å². The molecule has 0 bridgehead atoms. The lowest BCUT2D eigenvalue weighted by Crippen LogP contribution is -2.35. The number of aliphatic hydroxyl groups is 1. The van der Waals surface area contributed by atoms with E-state index in [1.165, 1.54) is 0 Å². The van der Waals surface area contributed by atoms with Crippen LogP contribution < -0.4 is 5.73 Å². The third-order valence-corrected chi connectivity index (χ3v) is 1.14. The van der Waals surface area contributed by atoms with Crippen molar-refractivity contribution in [3.8, 4) is 0 Å². The van der Waals surface area contributed by atoms with E-state index in [4.69, 9.17) is 16.0 Å². The minimum atomic E-state index is -0.397. The van der Waals surface area contributed by atoms with E-state index in [9.17, 15) is 0 Å². The van der Waals surface area contributed by atoms with Gasteiger partial charge in [0.05, 0.1) is 12.6 Å². The molecule has 4 N–H and O–H groups in total. The summed E-state index contributed by atoms with van der Waals surface area (Å²) in [5.41, 5.74) is 5.23. The molecule has 0 spiro atoms. The summed E-state index contributed by atoms with van der Waals surface area (Å²) < 4.78 is 0. The molecule has 1 unspecified atom stereocenters. The van der Waals surface area contributed by atoms with Crippen molar-refractivity contribution < 1.29 is 10.3 Å². The maximum atomic E-state index is 8.92. The monoisotopic (exact) mass is 161 g/mol. The van der Waals surface area contributed by atoms with E-state index in [-0.39, 0.29) is 5.84 Å². The predicted octanol–water partition coefficient (Wildman–Crippen LogP) is -0.955. The van der Waals surface area contributed by atoms with Crippen molar-refractivity contribution in [2.75, 3.05) is 20.1 Å². The van der Waals surface area contributed by atoms with Crippen LogP contribution in [0.2, 0.25) is 0 Å². The number of rotatable bonds is 4. The van der Waals surface area contributed by atoms with Crippen molar-refractivity contribution in [2.24, 2.45) is 10.9 Å². The van der Waals surface area contributed by atoms with Crippen LogP contribution in [0.1, 0.15) is 6.92 Å². The summed E-state index contributed by atoms with van der Waals surface area (Å²) >= 11 is 0. The largest absolute Gasteiger partial charge is 0.409 e. The van der Waals surface area contributed by atoms with Gasteiger partial charge in [-0.05, 0) is 14.0 Å². The summed E-state index contributed by atoms with van der Waals surface area (Å²) in [7, 11) is 1.78. The molecule has 0 aliphatic rings. The maximum absolute atomic E-state index is 8.92. The first kappa shape index (κ1) is 10.2. The molecule has 0 fully saturated rings. The molecule has 11 heavy (non-hydrogen) atoms. The smallest absolute Gasteiger partial charge is 0.153 e. The fraction of sp³-hybridized carbons (Fsp3) is 0.833. The summed E-state index contributed by atoms with van der Waals surface area (Å²) in [4.78, 5) is 1.76. The Morgan fingerprint density at radius 2 is 2.27 bits per heavy atom. The summed E-state index contributed by atoms with van der Waals surface area (Å²) in [6, 6.07) is 0. The Kier molecular flexibility index (Phi) is 4.56. The normalized spacial score (nSPS) is 15.5. The second-order valence-corrected chi connectivity index (χ2v) is 2.64. The Bertz CT molecular complexity index is 136. The second kappa shape index (κ2) is 4.92. The van der Waals surface area contributed by atoms with Gasteiger partial charge in [-0.1, -0.05) is 5.16 Å². The minimum absolute atomic E-state index is 0.146. The summed E-state index contributed by atoms with van der Waals surface area (Å²) in [5, 5.41) is 19.9. The van der Waals surface area contributed by atoms with Crippen LogP contribution in [-0.4, -0.2) is 47.3 Å². The molecular weight excluding hydrogens is 146 g/mol. The van der Waals surface area contributed by atoms with E-state index >= 15 is 0 Å². The highest BCUT2D eigenvalue weighted by Crippen LogP contribution is 1.86. The SMILES string of the molecule is CC(O)CN(C)C/C(N)=N/O. The number of amidine groups is 1. The van der Waals surface area contributed by atoms with E-state index in [1.807, 2.05) is 0 Å². The molecule has 0 aliphatic carbocycles. The van der Waals surface area contributed by atoms with E-state index in [0.29, 0.717) is 13.1 Å². The Hall–Kier alpha value is -0.810. The van der Waals surface area contributed by atoms with Gasteiger partial charge in [0.2, 0.25) is 0 Å². The molecule has 0 rings (SSSR count). The standard InChI is InChI=1S/C6H15N3O2/c1-5(10)3-9(2)4-6(7)8-11/h5,10-11H,3-4H2,1-2H3,(H2,7,8). The molecule has 0 radical (unpaired) electrons. The first-order chi connectivity index (χ1) is 5.06. The van der Waals surface area contributed by atoms with Crippen molar-refractivity contribution in [1.29, 1.82) is 0 Å². The highest BCUT2D eigenvalue weighted by molar-refractivity contribution is 5.81. The van der Waals surface area contributed by atoms with Crippen LogP contribution in [0.4, 0.5) is 0 Å². The Morgan fingerprint density at radius 3 is 2.64 bits per heavy atom.